The molecule has 2 heterocycles. The molecular weight excluding hydrogens is 389 g/mol. The topological polar surface area (TPSA) is 47.4 Å². The highest BCUT2D eigenvalue weighted by atomic mass is 35.5. The molecule has 0 atom stereocenters. The normalized spacial score (nSPS) is 10.8. The number of para-hydroxylation sites is 1. The van der Waals surface area contributed by atoms with Gasteiger partial charge in [-0.1, -0.05) is 23.7 Å². The van der Waals surface area contributed by atoms with Crippen molar-refractivity contribution < 1.29 is 13.9 Å². The number of ether oxygens (including phenoxy) is 1. The number of amides is 1. The number of hydrogen-bond acceptors (Lipinski definition) is 4. The molecule has 27 heavy (non-hydrogen) atoms. The van der Waals surface area contributed by atoms with Crippen molar-refractivity contribution >= 4 is 28.8 Å². The third kappa shape index (κ3) is 4.48. The molecule has 0 bridgehead atoms. The number of aryl methyl sites for hydroxylation is 1. The van der Waals surface area contributed by atoms with Crippen molar-refractivity contribution in [2.45, 2.75) is 26.6 Å². The van der Waals surface area contributed by atoms with E-state index >= 15 is 0 Å². The van der Waals surface area contributed by atoms with Gasteiger partial charge in [0.25, 0.3) is 5.91 Å². The molecule has 142 valence electrons. The Bertz CT molecular complexity index is 941. The van der Waals surface area contributed by atoms with Gasteiger partial charge < -0.3 is 9.64 Å². The first-order valence-corrected chi connectivity index (χ1v) is 9.65. The van der Waals surface area contributed by atoms with Crippen LogP contribution in [-0.2, 0) is 19.7 Å². The van der Waals surface area contributed by atoms with Crippen LogP contribution in [0.25, 0.3) is 0 Å². The zero-order valence-corrected chi connectivity index (χ0v) is 16.6. The van der Waals surface area contributed by atoms with Crippen LogP contribution in [0.3, 0.4) is 0 Å². The van der Waals surface area contributed by atoms with E-state index in [2.05, 4.69) is 5.10 Å². The number of thiophene rings is 1. The van der Waals surface area contributed by atoms with Gasteiger partial charge in [-0.3, -0.25) is 9.48 Å². The second-order valence-electron chi connectivity index (χ2n) is 5.95. The third-order valence-electron chi connectivity index (χ3n) is 4.03. The lowest BCUT2D eigenvalue weighted by molar-refractivity contribution is 0.0786. The number of halogens is 2. The predicted octanol–water partition coefficient (Wildman–Crippen LogP) is 4.61. The van der Waals surface area contributed by atoms with Crippen LogP contribution in [0.5, 0.6) is 5.75 Å². The van der Waals surface area contributed by atoms with Gasteiger partial charge in [-0.05, 0) is 30.5 Å². The molecule has 0 saturated carbocycles. The number of nitrogens with zero attached hydrogens (tertiary/aromatic N) is 3. The fourth-order valence-electron chi connectivity index (χ4n) is 2.59. The molecule has 1 amide bonds. The highest BCUT2D eigenvalue weighted by Gasteiger charge is 2.18. The second kappa shape index (κ2) is 8.54. The molecule has 0 unspecified atom stereocenters. The molecule has 1 aromatic carbocycles. The maximum Gasteiger partial charge on any atom is 0.264 e. The lowest BCUT2D eigenvalue weighted by atomic mass is 10.3. The van der Waals surface area contributed by atoms with Crippen LogP contribution < -0.4 is 4.74 Å². The molecular formula is C19H19ClFN3O2S. The van der Waals surface area contributed by atoms with Crippen LogP contribution in [0.2, 0.25) is 5.02 Å². The Labute approximate surface area is 165 Å². The summed E-state index contributed by atoms with van der Waals surface area (Å²) in [5, 5.41) is 6.57. The summed E-state index contributed by atoms with van der Waals surface area (Å²) in [7, 11) is 1.72. The highest BCUT2D eigenvalue weighted by molar-refractivity contribution is 7.12. The Balaban J connectivity index is 1.64. The fourth-order valence-corrected chi connectivity index (χ4v) is 3.68. The van der Waals surface area contributed by atoms with Gasteiger partial charge >= 0.3 is 0 Å². The summed E-state index contributed by atoms with van der Waals surface area (Å²) in [4.78, 5) is 14.9. The van der Waals surface area contributed by atoms with Gasteiger partial charge in [0.2, 0.25) is 0 Å². The number of rotatable bonds is 7. The van der Waals surface area contributed by atoms with Crippen molar-refractivity contribution in [2.75, 3.05) is 7.05 Å². The summed E-state index contributed by atoms with van der Waals surface area (Å²) >= 11 is 7.50. The molecule has 0 N–H and O–H groups in total. The van der Waals surface area contributed by atoms with Gasteiger partial charge in [-0.15, -0.1) is 11.3 Å². The van der Waals surface area contributed by atoms with Crippen molar-refractivity contribution in [2.24, 2.45) is 0 Å². The fraction of sp³-hybridized carbons (Fsp3) is 0.263. The molecule has 0 radical (unpaired) electrons. The van der Waals surface area contributed by atoms with Crippen molar-refractivity contribution in [3.8, 4) is 5.75 Å². The lowest BCUT2D eigenvalue weighted by Gasteiger charge is -2.17. The first-order chi connectivity index (χ1) is 13.0. The first-order valence-electron chi connectivity index (χ1n) is 8.40. The predicted molar refractivity (Wildman–Crippen MR) is 104 cm³/mol. The van der Waals surface area contributed by atoms with Crippen molar-refractivity contribution in [3.05, 3.63) is 68.9 Å². The first kappa shape index (κ1) is 19.4. The summed E-state index contributed by atoms with van der Waals surface area (Å²) in [6.07, 6.45) is 1.59. The molecule has 0 aliphatic carbocycles. The second-order valence-corrected chi connectivity index (χ2v) is 7.27. The molecule has 0 spiro atoms. The zero-order valence-electron chi connectivity index (χ0n) is 15.0. The Morgan fingerprint density at radius 3 is 2.93 bits per heavy atom. The standard InChI is InChI=1S/C19H19ClFN3O2S/c1-3-24-16(14(20)9-22-24)10-23(2)19(25)18-8-13(12-27-18)11-26-17-7-5-4-6-15(17)21/h4-9,12H,3,10-11H2,1-2H3. The molecule has 0 fully saturated rings. The number of benzene rings is 1. The van der Waals surface area contributed by atoms with Gasteiger partial charge in [0.05, 0.1) is 28.3 Å². The molecule has 0 aliphatic rings. The molecule has 0 saturated heterocycles. The van der Waals surface area contributed by atoms with Crippen LogP contribution in [0.4, 0.5) is 4.39 Å². The maximum absolute atomic E-state index is 13.6. The van der Waals surface area contributed by atoms with E-state index in [1.165, 1.54) is 17.4 Å². The van der Waals surface area contributed by atoms with Crippen LogP contribution in [0, 0.1) is 5.82 Å². The van der Waals surface area contributed by atoms with Crippen LogP contribution in [0.15, 0.2) is 41.9 Å². The van der Waals surface area contributed by atoms with Gasteiger partial charge in [0.15, 0.2) is 11.6 Å². The molecule has 8 heteroatoms. The zero-order chi connectivity index (χ0) is 19.4. The molecule has 3 rings (SSSR count). The van der Waals surface area contributed by atoms with Gasteiger partial charge in [0, 0.05) is 19.2 Å². The monoisotopic (exact) mass is 407 g/mol. The van der Waals surface area contributed by atoms with E-state index in [0.717, 1.165) is 11.3 Å². The summed E-state index contributed by atoms with van der Waals surface area (Å²) in [6, 6.07) is 8.00. The van der Waals surface area contributed by atoms with Crippen LogP contribution >= 0.6 is 22.9 Å². The summed E-state index contributed by atoms with van der Waals surface area (Å²) in [5.41, 5.74) is 1.62. The number of carbonyl (C=O) groups is 1. The van der Waals surface area contributed by atoms with E-state index in [1.54, 1.807) is 47.1 Å². The van der Waals surface area contributed by atoms with Gasteiger partial charge in [0.1, 0.15) is 6.61 Å². The maximum atomic E-state index is 13.6. The Morgan fingerprint density at radius 1 is 1.41 bits per heavy atom. The Morgan fingerprint density at radius 2 is 2.19 bits per heavy atom. The highest BCUT2D eigenvalue weighted by Crippen LogP contribution is 2.22. The molecule has 5 nitrogen and oxygen atoms in total. The summed E-state index contributed by atoms with van der Waals surface area (Å²) in [6.45, 7) is 3.21. The van der Waals surface area contributed by atoms with Crippen molar-refractivity contribution in [3.63, 3.8) is 0 Å². The average molecular weight is 408 g/mol. The molecule has 2 aromatic heterocycles. The van der Waals surface area contributed by atoms with Crippen LogP contribution in [-0.4, -0.2) is 27.6 Å². The lowest BCUT2D eigenvalue weighted by Crippen LogP contribution is -2.27. The van der Waals surface area contributed by atoms with Crippen molar-refractivity contribution in [1.29, 1.82) is 0 Å². The van der Waals surface area contributed by atoms with Gasteiger partial charge in [-0.2, -0.15) is 5.10 Å². The molecule has 0 aliphatic heterocycles. The van der Waals surface area contributed by atoms with E-state index in [4.69, 9.17) is 16.3 Å². The van der Waals surface area contributed by atoms with Crippen LogP contribution in [0.1, 0.15) is 27.9 Å². The van der Waals surface area contributed by atoms with E-state index in [1.807, 2.05) is 12.3 Å². The van der Waals surface area contributed by atoms with Gasteiger partial charge in [-0.25, -0.2) is 4.39 Å². The van der Waals surface area contributed by atoms with E-state index < -0.39 is 5.82 Å². The summed E-state index contributed by atoms with van der Waals surface area (Å²) < 4.78 is 20.9. The van der Waals surface area contributed by atoms with E-state index in [-0.39, 0.29) is 18.3 Å². The quantitative estimate of drug-likeness (QED) is 0.574. The Kier molecular flexibility index (Phi) is 6.13. The Hall–Kier alpha value is -2.38. The minimum absolute atomic E-state index is 0.114. The minimum atomic E-state index is -0.409. The minimum Gasteiger partial charge on any atom is -0.486 e. The number of aromatic nitrogens is 2. The van der Waals surface area contributed by atoms with Crippen molar-refractivity contribution in [1.82, 2.24) is 14.7 Å². The van der Waals surface area contributed by atoms with E-state index in [9.17, 15) is 9.18 Å². The molecule has 3 aromatic rings. The summed E-state index contributed by atoms with van der Waals surface area (Å²) in [5.74, 6) is -0.332. The average Bonchev–Trinajstić information content (AvgIpc) is 3.27. The number of carbonyl (C=O) groups excluding carboxylic acids is 1. The SMILES string of the molecule is CCn1ncc(Cl)c1CN(C)C(=O)c1cc(COc2ccccc2F)cs1. The smallest absolute Gasteiger partial charge is 0.264 e. The third-order valence-corrected chi connectivity index (χ3v) is 5.31. The number of hydrogen-bond donors (Lipinski definition) is 0. The largest absolute Gasteiger partial charge is 0.486 e. The van der Waals surface area contributed by atoms with E-state index in [0.29, 0.717) is 23.0 Å².